The van der Waals surface area contributed by atoms with Crippen molar-refractivity contribution in [3.8, 4) is 23.0 Å². The summed E-state index contributed by atoms with van der Waals surface area (Å²) in [4.78, 5) is 87.2. The first-order chi connectivity index (χ1) is 33.8. The molecular weight excluding hydrogens is 897 g/mol. The molecule has 6 amide bonds. The van der Waals surface area contributed by atoms with Crippen molar-refractivity contribution in [1.29, 1.82) is 0 Å². The Morgan fingerprint density at radius 1 is 0.729 bits per heavy atom. The van der Waals surface area contributed by atoms with Gasteiger partial charge in [0, 0.05) is 61.2 Å². The fourth-order valence-electron chi connectivity index (χ4n) is 9.19. The largest absolute Gasteiger partial charge is 0.493 e. The van der Waals surface area contributed by atoms with Gasteiger partial charge >= 0.3 is 0 Å². The Morgan fingerprint density at radius 3 is 2.00 bits per heavy atom. The van der Waals surface area contributed by atoms with E-state index in [-0.39, 0.29) is 55.6 Å². The average Bonchev–Trinajstić information content (AvgIpc) is 3.85. The number of carbonyl (C=O) groups is 6. The smallest absolute Gasteiger partial charge is 0.261 e. The first kappa shape index (κ1) is 46.7. The number of aliphatic imine (C=N–C) groups is 1. The molecule has 5 aromatic rings. The summed E-state index contributed by atoms with van der Waals surface area (Å²) in [7, 11) is 2.97. The van der Waals surface area contributed by atoms with Crippen LogP contribution in [0.15, 0.2) is 96.0 Å². The number of nitrogens with two attached hydrogens (primary N) is 1. The normalized spacial score (nSPS) is 16.9. The number of para-hydroxylation sites is 2. The lowest BCUT2D eigenvalue weighted by molar-refractivity contribution is -0.129. The second kappa shape index (κ2) is 19.7. The van der Waals surface area contributed by atoms with Crippen LogP contribution in [0, 0.1) is 0 Å². The number of hydrogen-bond acceptors (Lipinski definition) is 12. The van der Waals surface area contributed by atoms with Gasteiger partial charge in [0.1, 0.15) is 25.3 Å². The summed E-state index contributed by atoms with van der Waals surface area (Å²) in [5.74, 6) is -1.41. The van der Waals surface area contributed by atoms with E-state index < -0.39 is 35.7 Å². The molecule has 18 heteroatoms. The molecule has 9 rings (SSSR count). The third-order valence-electron chi connectivity index (χ3n) is 12.7. The predicted molar refractivity (Wildman–Crippen MR) is 261 cm³/mol. The fourth-order valence-corrected chi connectivity index (χ4v) is 9.19. The number of rotatable bonds is 16. The van der Waals surface area contributed by atoms with Crippen LogP contribution in [0.1, 0.15) is 73.6 Å². The number of nitrogens with one attached hydrogen (secondary N) is 4. The van der Waals surface area contributed by atoms with Gasteiger partial charge in [-0.05, 0) is 85.0 Å². The van der Waals surface area contributed by atoms with Gasteiger partial charge in [-0.2, -0.15) is 0 Å². The molecule has 0 bridgehead atoms. The minimum absolute atomic E-state index is 0.0126. The van der Waals surface area contributed by atoms with Crippen LogP contribution in [0.5, 0.6) is 23.0 Å². The molecule has 0 saturated carbocycles. The summed E-state index contributed by atoms with van der Waals surface area (Å²) < 4.78 is 24.3. The third-order valence-corrected chi connectivity index (χ3v) is 12.7. The van der Waals surface area contributed by atoms with Crippen LogP contribution < -0.4 is 55.7 Å². The number of anilines is 3. The van der Waals surface area contributed by atoms with E-state index in [9.17, 15) is 28.8 Å². The van der Waals surface area contributed by atoms with E-state index in [0.29, 0.717) is 69.6 Å². The van der Waals surface area contributed by atoms with Gasteiger partial charge in [-0.15, -0.1) is 0 Å². The van der Waals surface area contributed by atoms with Gasteiger partial charge in [-0.1, -0.05) is 36.4 Å². The number of benzene rings is 5. The number of amides is 6. The topological polar surface area (TPSA) is 232 Å². The highest BCUT2D eigenvalue weighted by molar-refractivity contribution is 6.15. The molecule has 0 aliphatic carbocycles. The number of primary amides is 1. The van der Waals surface area contributed by atoms with Crippen molar-refractivity contribution in [3.63, 3.8) is 0 Å². The maximum atomic E-state index is 14.1. The van der Waals surface area contributed by atoms with Gasteiger partial charge in [-0.25, -0.2) is 0 Å². The van der Waals surface area contributed by atoms with Crippen LogP contribution in [0.25, 0.3) is 0 Å². The molecule has 0 aromatic heterocycles. The molecule has 360 valence electrons. The first-order valence-corrected chi connectivity index (χ1v) is 22.9. The van der Waals surface area contributed by atoms with Crippen molar-refractivity contribution in [2.24, 2.45) is 10.7 Å². The molecule has 4 aliphatic rings. The summed E-state index contributed by atoms with van der Waals surface area (Å²) >= 11 is 0. The molecule has 18 nitrogen and oxygen atoms in total. The van der Waals surface area contributed by atoms with Gasteiger partial charge in [0.2, 0.25) is 17.7 Å². The van der Waals surface area contributed by atoms with Crippen molar-refractivity contribution < 1.29 is 47.7 Å². The van der Waals surface area contributed by atoms with Gasteiger partial charge in [0.25, 0.3) is 17.7 Å². The molecule has 0 saturated heterocycles. The molecule has 4 aliphatic heterocycles. The molecule has 6 N–H and O–H groups in total. The van der Waals surface area contributed by atoms with Crippen LogP contribution >= 0.6 is 0 Å². The molecule has 5 aromatic carbocycles. The van der Waals surface area contributed by atoms with E-state index in [1.54, 1.807) is 53.6 Å². The van der Waals surface area contributed by atoms with Gasteiger partial charge in [0.15, 0.2) is 23.0 Å². The standard InChI is InChI=1S/C52H52N8O10/c1-28(48(62)54-14-13-47(53)61)57-49(63)29(2)58-50(64)34-16-30(26-69-45-22-39-37(20-43(45)67-3)51(65)59-35(24-55-39)18-32-9-5-7-11-41(32)59)15-31(17-34)27-70-46-23-40-38(21-44(46)68-4)52(66)60-36(25-56-40)19-33-10-6-8-12-42(33)60/h5-12,15-17,20-24,28-29,35-36,56H,13-14,18-19,25-27H2,1-4H3,(H2,53,61)(H,54,62)(H,57,63)(H,58,64)/t28-,29-,35-,36-/m0/s1. The lowest BCUT2D eigenvalue weighted by atomic mass is 10.0. The van der Waals surface area contributed by atoms with Crippen LogP contribution in [-0.4, -0.2) is 93.1 Å². The van der Waals surface area contributed by atoms with E-state index in [2.05, 4.69) is 21.3 Å². The van der Waals surface area contributed by atoms with Crippen LogP contribution in [-0.2, 0) is 40.4 Å². The molecule has 0 radical (unpaired) electrons. The van der Waals surface area contributed by atoms with Crippen molar-refractivity contribution >= 4 is 64.4 Å². The zero-order valence-corrected chi connectivity index (χ0v) is 39.0. The minimum atomic E-state index is -1.08. The van der Waals surface area contributed by atoms with Gasteiger partial charge in [-0.3, -0.25) is 38.7 Å². The Kier molecular flexibility index (Phi) is 13.1. The molecule has 4 heterocycles. The maximum absolute atomic E-state index is 14.1. The second-order valence-corrected chi connectivity index (χ2v) is 17.5. The van der Waals surface area contributed by atoms with Crippen molar-refractivity contribution in [3.05, 3.63) is 130 Å². The zero-order valence-electron chi connectivity index (χ0n) is 39.0. The molecule has 0 fully saturated rings. The number of fused-ring (bicyclic) bond motifs is 8. The second-order valence-electron chi connectivity index (χ2n) is 17.5. The monoisotopic (exact) mass is 948 g/mol. The van der Waals surface area contributed by atoms with E-state index in [4.69, 9.17) is 29.7 Å². The number of carbonyl (C=O) groups excluding carboxylic acids is 6. The van der Waals surface area contributed by atoms with E-state index in [0.717, 1.165) is 28.9 Å². The van der Waals surface area contributed by atoms with E-state index >= 15 is 0 Å². The summed E-state index contributed by atoms with van der Waals surface area (Å²) in [5, 5.41) is 11.3. The average molecular weight is 949 g/mol. The highest BCUT2D eigenvalue weighted by Gasteiger charge is 2.39. The fraction of sp³-hybridized carbons (Fsp3) is 0.288. The Hall–Kier alpha value is -8.41. The van der Waals surface area contributed by atoms with Crippen LogP contribution in [0.2, 0.25) is 0 Å². The molecule has 70 heavy (non-hydrogen) atoms. The number of nitrogens with zero attached hydrogens (tertiary/aromatic N) is 3. The minimum Gasteiger partial charge on any atom is -0.493 e. The lowest BCUT2D eigenvalue weighted by Gasteiger charge is -2.22. The Bertz CT molecular complexity index is 2970. The molecule has 0 unspecified atom stereocenters. The lowest BCUT2D eigenvalue weighted by Crippen LogP contribution is -2.51. The van der Waals surface area contributed by atoms with Crippen molar-refractivity contribution in [2.45, 2.75) is 70.5 Å². The van der Waals surface area contributed by atoms with Crippen LogP contribution in [0.3, 0.4) is 0 Å². The van der Waals surface area contributed by atoms with Crippen LogP contribution in [0.4, 0.5) is 22.7 Å². The highest BCUT2D eigenvalue weighted by atomic mass is 16.5. The maximum Gasteiger partial charge on any atom is 0.261 e. The Balaban J connectivity index is 0.962. The van der Waals surface area contributed by atoms with Crippen molar-refractivity contribution in [1.82, 2.24) is 16.0 Å². The van der Waals surface area contributed by atoms with Gasteiger partial charge in [0.05, 0.1) is 48.8 Å². The summed E-state index contributed by atoms with van der Waals surface area (Å²) in [6.45, 7) is 3.36. The quantitative estimate of drug-likeness (QED) is 0.0905. The summed E-state index contributed by atoms with van der Waals surface area (Å²) in [5.41, 5.74) is 12.1. The van der Waals surface area contributed by atoms with E-state index in [1.807, 2.05) is 53.4 Å². The molecule has 4 atom stereocenters. The summed E-state index contributed by atoms with van der Waals surface area (Å²) in [6, 6.07) is 25.0. The third kappa shape index (κ3) is 9.39. The first-order valence-electron chi connectivity index (χ1n) is 22.9. The molecular formula is C52H52N8O10. The SMILES string of the molecule is COc1cc2c(cc1OCc1cc(COc3cc4c(cc3OC)C(=O)N3c5ccccc5C[C@H]3CN4)cc(C(=O)N[C@@H](C)C(=O)N[C@@H](C)C(=O)NCCC(N)=O)c1)N=C[C@@H]1Cc3ccccc3N1C2=O. The van der Waals surface area contributed by atoms with Crippen molar-refractivity contribution in [2.75, 3.05) is 42.4 Å². The highest BCUT2D eigenvalue weighted by Crippen LogP contribution is 2.43. The Morgan fingerprint density at radius 2 is 1.33 bits per heavy atom. The number of ether oxygens (including phenoxy) is 4. The summed E-state index contributed by atoms with van der Waals surface area (Å²) in [6.07, 6.45) is 3.07. The number of hydrogen-bond donors (Lipinski definition) is 5. The predicted octanol–water partition coefficient (Wildman–Crippen LogP) is 4.76. The molecule has 0 spiro atoms. The number of methoxy groups -OCH3 is 2. The Labute approximate surface area is 403 Å². The van der Waals surface area contributed by atoms with E-state index in [1.165, 1.54) is 28.1 Å². The zero-order chi connectivity index (χ0) is 49.2. The van der Waals surface area contributed by atoms with Gasteiger partial charge < -0.3 is 50.8 Å².